The van der Waals surface area contributed by atoms with Crippen molar-refractivity contribution in [3.05, 3.63) is 35.9 Å². The highest BCUT2D eigenvalue weighted by atomic mass is 16.5. The van der Waals surface area contributed by atoms with Gasteiger partial charge in [-0.25, -0.2) is 0 Å². The summed E-state index contributed by atoms with van der Waals surface area (Å²) in [7, 11) is 1.81. The number of rotatable bonds is 4. The van der Waals surface area contributed by atoms with Gasteiger partial charge in [-0.15, -0.1) is 0 Å². The fourth-order valence-corrected chi connectivity index (χ4v) is 4.12. The molecule has 1 aliphatic carbocycles. The van der Waals surface area contributed by atoms with Crippen molar-refractivity contribution >= 4 is 0 Å². The average molecular weight is 288 g/mol. The summed E-state index contributed by atoms with van der Waals surface area (Å²) in [5.41, 5.74) is 1.77. The van der Waals surface area contributed by atoms with E-state index in [1.165, 1.54) is 31.2 Å². The van der Waals surface area contributed by atoms with E-state index in [0.717, 1.165) is 19.7 Å². The average Bonchev–Trinajstić information content (AvgIpc) is 2.96. The van der Waals surface area contributed by atoms with E-state index in [1.807, 2.05) is 7.11 Å². The zero-order valence-corrected chi connectivity index (χ0v) is 13.3. The van der Waals surface area contributed by atoms with Gasteiger partial charge in [0, 0.05) is 37.8 Å². The fourth-order valence-electron chi connectivity index (χ4n) is 4.12. The molecule has 0 bridgehead atoms. The number of hydrogen-bond donors (Lipinski definition) is 1. The number of ether oxygens (including phenoxy) is 1. The third kappa shape index (κ3) is 3.15. The Morgan fingerprint density at radius 3 is 2.67 bits per heavy atom. The third-order valence-electron chi connectivity index (χ3n) is 5.28. The van der Waals surface area contributed by atoms with Crippen LogP contribution in [0.3, 0.4) is 0 Å². The predicted octanol–water partition coefficient (Wildman–Crippen LogP) is 2.98. The molecule has 1 aromatic carbocycles. The Balaban J connectivity index is 1.82. The van der Waals surface area contributed by atoms with Crippen molar-refractivity contribution in [2.24, 2.45) is 0 Å². The van der Waals surface area contributed by atoms with Gasteiger partial charge in [-0.05, 0) is 25.3 Å². The molecule has 0 amide bonds. The minimum Gasteiger partial charge on any atom is -0.383 e. The third-order valence-corrected chi connectivity index (χ3v) is 5.28. The van der Waals surface area contributed by atoms with E-state index in [-0.39, 0.29) is 0 Å². The van der Waals surface area contributed by atoms with Crippen molar-refractivity contribution in [3.8, 4) is 0 Å². The molecule has 1 saturated carbocycles. The summed E-state index contributed by atoms with van der Waals surface area (Å²) in [5.74, 6) is 0. The molecule has 2 unspecified atom stereocenters. The highest BCUT2D eigenvalue weighted by Crippen LogP contribution is 2.37. The number of piperazine rings is 1. The van der Waals surface area contributed by atoms with Crippen molar-refractivity contribution in [2.75, 3.05) is 26.8 Å². The van der Waals surface area contributed by atoms with Gasteiger partial charge in [-0.1, -0.05) is 43.2 Å². The Morgan fingerprint density at radius 2 is 2.00 bits per heavy atom. The number of nitrogens with one attached hydrogen (secondary N) is 1. The molecule has 1 N–H and O–H groups in total. The van der Waals surface area contributed by atoms with Crippen LogP contribution in [0.5, 0.6) is 0 Å². The van der Waals surface area contributed by atoms with Crippen LogP contribution in [-0.4, -0.2) is 43.3 Å². The molecule has 1 aromatic rings. The lowest BCUT2D eigenvalue weighted by Crippen LogP contribution is -2.62. The lowest BCUT2D eigenvalue weighted by Gasteiger charge is -2.49. The first-order valence-corrected chi connectivity index (χ1v) is 8.29. The SMILES string of the molecule is COCC(C)N1CC2(CCCC2)NCC1c1ccccc1. The Bertz CT molecular complexity index is 442. The molecule has 116 valence electrons. The number of nitrogens with zero attached hydrogens (tertiary/aromatic N) is 1. The molecule has 0 radical (unpaired) electrons. The molecule has 2 atom stereocenters. The summed E-state index contributed by atoms with van der Waals surface area (Å²) >= 11 is 0. The van der Waals surface area contributed by atoms with E-state index in [9.17, 15) is 0 Å². The van der Waals surface area contributed by atoms with Gasteiger partial charge in [0.25, 0.3) is 0 Å². The predicted molar refractivity (Wildman–Crippen MR) is 86.4 cm³/mol. The van der Waals surface area contributed by atoms with Crippen LogP contribution in [-0.2, 0) is 4.74 Å². The van der Waals surface area contributed by atoms with Crippen LogP contribution < -0.4 is 5.32 Å². The van der Waals surface area contributed by atoms with Crippen molar-refractivity contribution in [1.29, 1.82) is 0 Å². The monoisotopic (exact) mass is 288 g/mol. The highest BCUT2D eigenvalue weighted by molar-refractivity contribution is 5.21. The van der Waals surface area contributed by atoms with Gasteiger partial charge < -0.3 is 10.1 Å². The van der Waals surface area contributed by atoms with Crippen LogP contribution in [0.15, 0.2) is 30.3 Å². The summed E-state index contributed by atoms with van der Waals surface area (Å²) in [6.45, 7) is 5.31. The van der Waals surface area contributed by atoms with Gasteiger partial charge in [0.15, 0.2) is 0 Å². The molecule has 21 heavy (non-hydrogen) atoms. The van der Waals surface area contributed by atoms with E-state index < -0.39 is 0 Å². The van der Waals surface area contributed by atoms with E-state index in [1.54, 1.807) is 0 Å². The Morgan fingerprint density at radius 1 is 1.29 bits per heavy atom. The molecule has 1 aliphatic heterocycles. The summed E-state index contributed by atoms with van der Waals surface area (Å²) in [4.78, 5) is 2.67. The molecule has 1 heterocycles. The Hall–Kier alpha value is -0.900. The zero-order valence-electron chi connectivity index (χ0n) is 13.3. The van der Waals surface area contributed by atoms with Crippen molar-refractivity contribution in [2.45, 2.75) is 50.2 Å². The molecule has 2 fully saturated rings. The molecule has 3 nitrogen and oxygen atoms in total. The lowest BCUT2D eigenvalue weighted by atomic mass is 9.89. The number of hydrogen-bond acceptors (Lipinski definition) is 3. The minimum atomic E-state index is 0.354. The lowest BCUT2D eigenvalue weighted by molar-refractivity contribution is 0.0150. The molecule has 2 aliphatic rings. The highest BCUT2D eigenvalue weighted by Gasteiger charge is 2.42. The minimum absolute atomic E-state index is 0.354. The summed E-state index contributed by atoms with van der Waals surface area (Å²) in [5, 5.41) is 3.89. The molecular formula is C18H28N2O. The van der Waals surface area contributed by atoms with E-state index in [2.05, 4.69) is 47.5 Å². The van der Waals surface area contributed by atoms with Crippen LogP contribution in [0.1, 0.15) is 44.2 Å². The molecule has 1 saturated heterocycles. The quantitative estimate of drug-likeness (QED) is 0.922. The number of benzene rings is 1. The van der Waals surface area contributed by atoms with Crippen LogP contribution >= 0.6 is 0 Å². The fraction of sp³-hybridized carbons (Fsp3) is 0.667. The molecule has 3 heteroatoms. The number of methoxy groups -OCH3 is 1. The summed E-state index contributed by atoms with van der Waals surface area (Å²) in [6, 6.07) is 11.8. The first-order chi connectivity index (χ1) is 10.2. The topological polar surface area (TPSA) is 24.5 Å². The van der Waals surface area contributed by atoms with Gasteiger partial charge >= 0.3 is 0 Å². The smallest absolute Gasteiger partial charge is 0.0615 e. The standard InChI is InChI=1S/C18H28N2O/c1-15(13-21-2)20-14-18(10-6-7-11-18)19-12-17(20)16-8-4-3-5-9-16/h3-5,8-9,15,17,19H,6-7,10-14H2,1-2H3. The second-order valence-electron chi connectivity index (χ2n) is 6.77. The molecule has 3 rings (SSSR count). The van der Waals surface area contributed by atoms with E-state index >= 15 is 0 Å². The molecule has 0 aromatic heterocycles. The second kappa shape index (κ2) is 6.47. The normalized spacial score (nSPS) is 27.0. The maximum Gasteiger partial charge on any atom is 0.0615 e. The molecular weight excluding hydrogens is 260 g/mol. The summed E-state index contributed by atoms with van der Waals surface area (Å²) in [6.07, 6.45) is 5.39. The van der Waals surface area contributed by atoms with E-state index in [0.29, 0.717) is 17.6 Å². The first-order valence-electron chi connectivity index (χ1n) is 8.29. The maximum atomic E-state index is 5.43. The van der Waals surface area contributed by atoms with Crippen molar-refractivity contribution < 1.29 is 4.74 Å². The van der Waals surface area contributed by atoms with Gasteiger partial charge in [-0.2, -0.15) is 0 Å². The Labute approximate surface area is 128 Å². The van der Waals surface area contributed by atoms with Gasteiger partial charge in [-0.3, -0.25) is 4.90 Å². The van der Waals surface area contributed by atoms with Crippen LogP contribution in [0.25, 0.3) is 0 Å². The molecule has 1 spiro atoms. The van der Waals surface area contributed by atoms with Gasteiger partial charge in [0.2, 0.25) is 0 Å². The first kappa shape index (κ1) is 15.0. The van der Waals surface area contributed by atoms with Crippen LogP contribution in [0.2, 0.25) is 0 Å². The zero-order chi connectivity index (χ0) is 14.7. The van der Waals surface area contributed by atoms with Gasteiger partial charge in [0.1, 0.15) is 0 Å². The van der Waals surface area contributed by atoms with Crippen molar-refractivity contribution in [3.63, 3.8) is 0 Å². The van der Waals surface area contributed by atoms with E-state index in [4.69, 9.17) is 4.74 Å². The second-order valence-corrected chi connectivity index (χ2v) is 6.77. The van der Waals surface area contributed by atoms with Crippen LogP contribution in [0.4, 0.5) is 0 Å². The largest absolute Gasteiger partial charge is 0.383 e. The van der Waals surface area contributed by atoms with Gasteiger partial charge in [0.05, 0.1) is 6.61 Å². The summed E-state index contributed by atoms with van der Waals surface area (Å²) < 4.78 is 5.43. The Kier molecular flexibility index (Phi) is 4.63. The maximum absolute atomic E-state index is 5.43. The van der Waals surface area contributed by atoms with Crippen LogP contribution in [0, 0.1) is 0 Å². The van der Waals surface area contributed by atoms with Crippen molar-refractivity contribution in [1.82, 2.24) is 10.2 Å².